The Bertz CT molecular complexity index is 357. The molecule has 0 aliphatic heterocycles. The third kappa shape index (κ3) is 3.63. The average molecular weight is 276 g/mol. The Morgan fingerprint density at radius 1 is 1.15 bits per heavy atom. The third-order valence-electron chi connectivity index (χ3n) is 4.94. The molecule has 0 radical (unpaired) electrons. The van der Waals surface area contributed by atoms with Crippen LogP contribution in [0.3, 0.4) is 0 Å². The van der Waals surface area contributed by atoms with Gasteiger partial charge in [-0.3, -0.25) is 0 Å². The molecule has 1 heteroatoms. The van der Waals surface area contributed by atoms with Crippen LogP contribution >= 0.6 is 0 Å². The summed E-state index contributed by atoms with van der Waals surface area (Å²) in [4.78, 5) is 0. The van der Waals surface area contributed by atoms with Gasteiger partial charge in [-0.05, 0) is 55.3 Å². The van der Waals surface area contributed by atoms with Crippen molar-refractivity contribution < 1.29 is 5.11 Å². The van der Waals surface area contributed by atoms with Gasteiger partial charge in [-0.1, -0.05) is 39.0 Å². The van der Waals surface area contributed by atoms with E-state index in [0.717, 1.165) is 25.7 Å². The van der Waals surface area contributed by atoms with E-state index in [1.165, 1.54) is 0 Å². The third-order valence-corrected chi connectivity index (χ3v) is 4.94. The fraction of sp³-hybridized carbons (Fsp3) is 0.684. The molecular formula is C19H32O. The summed E-state index contributed by atoms with van der Waals surface area (Å²) in [7, 11) is 0. The maximum Gasteiger partial charge on any atom is 0.0720 e. The highest BCUT2D eigenvalue weighted by molar-refractivity contribution is 5.06. The van der Waals surface area contributed by atoms with Gasteiger partial charge < -0.3 is 5.11 Å². The van der Waals surface area contributed by atoms with Crippen LogP contribution in [0.5, 0.6) is 0 Å². The summed E-state index contributed by atoms with van der Waals surface area (Å²) in [6.45, 7) is 18.4. The highest BCUT2D eigenvalue weighted by Gasteiger charge is 2.51. The van der Waals surface area contributed by atoms with Gasteiger partial charge in [0.05, 0.1) is 5.60 Å². The molecular weight excluding hydrogens is 244 g/mol. The molecule has 0 amide bonds. The molecule has 0 saturated heterocycles. The van der Waals surface area contributed by atoms with Crippen LogP contribution in [0.25, 0.3) is 0 Å². The van der Waals surface area contributed by atoms with Gasteiger partial charge in [0.2, 0.25) is 0 Å². The lowest BCUT2D eigenvalue weighted by molar-refractivity contribution is -0.129. The fourth-order valence-corrected chi connectivity index (χ4v) is 4.70. The van der Waals surface area contributed by atoms with Crippen molar-refractivity contribution in [3.8, 4) is 0 Å². The predicted molar refractivity (Wildman–Crippen MR) is 88.6 cm³/mol. The second kappa shape index (κ2) is 6.76. The molecule has 1 saturated carbocycles. The molecule has 0 aromatic rings. The summed E-state index contributed by atoms with van der Waals surface area (Å²) in [5.74, 6) is 1.28. The highest BCUT2D eigenvalue weighted by atomic mass is 16.3. The molecule has 1 rings (SSSR count). The molecule has 114 valence electrons. The van der Waals surface area contributed by atoms with E-state index in [0.29, 0.717) is 24.2 Å². The molecule has 0 bridgehead atoms. The molecule has 1 aliphatic carbocycles. The van der Waals surface area contributed by atoms with E-state index in [-0.39, 0.29) is 5.41 Å². The van der Waals surface area contributed by atoms with Crippen molar-refractivity contribution in [3.05, 3.63) is 38.0 Å². The summed E-state index contributed by atoms with van der Waals surface area (Å²) in [5.41, 5.74) is -0.502. The van der Waals surface area contributed by atoms with Crippen LogP contribution in [0.15, 0.2) is 38.0 Å². The lowest BCUT2D eigenvalue weighted by Crippen LogP contribution is -2.53. The average Bonchev–Trinajstić information content (AvgIpc) is 2.27. The normalized spacial score (nSPS) is 37.6. The largest absolute Gasteiger partial charge is 0.389 e. The molecule has 1 nitrogen and oxygen atoms in total. The number of hydrogen-bond donors (Lipinski definition) is 1. The van der Waals surface area contributed by atoms with E-state index in [9.17, 15) is 5.11 Å². The number of allylic oxidation sites excluding steroid dienone is 2. The lowest BCUT2D eigenvalue weighted by Gasteiger charge is -2.53. The zero-order valence-corrected chi connectivity index (χ0v) is 13.6. The summed E-state index contributed by atoms with van der Waals surface area (Å²) in [6, 6.07) is 0. The predicted octanol–water partition coefficient (Wildman–Crippen LogP) is 5.13. The molecule has 4 atom stereocenters. The number of hydrogen-bond acceptors (Lipinski definition) is 1. The molecule has 1 N–H and O–H groups in total. The van der Waals surface area contributed by atoms with E-state index in [1.54, 1.807) is 0 Å². The van der Waals surface area contributed by atoms with Crippen molar-refractivity contribution in [1.29, 1.82) is 0 Å². The Kier molecular flexibility index (Phi) is 5.82. The van der Waals surface area contributed by atoms with E-state index >= 15 is 0 Å². The smallest absolute Gasteiger partial charge is 0.0720 e. The van der Waals surface area contributed by atoms with Crippen LogP contribution in [-0.2, 0) is 0 Å². The molecule has 0 heterocycles. The molecule has 0 spiro atoms. The first-order chi connectivity index (χ1) is 9.32. The molecule has 1 fully saturated rings. The quantitative estimate of drug-likeness (QED) is 0.639. The van der Waals surface area contributed by atoms with Gasteiger partial charge >= 0.3 is 0 Å². The van der Waals surface area contributed by atoms with Gasteiger partial charge in [0.1, 0.15) is 0 Å². The van der Waals surface area contributed by atoms with Crippen LogP contribution in [0.4, 0.5) is 0 Å². The Labute approximate surface area is 125 Å². The molecule has 0 aromatic carbocycles. The number of rotatable bonds is 7. The Morgan fingerprint density at radius 2 is 1.75 bits per heavy atom. The van der Waals surface area contributed by atoms with Crippen molar-refractivity contribution >= 4 is 0 Å². The standard InChI is InChI=1S/C19H32O/c1-7-10-16-13-18(6,11-8-2)14-19(20,12-9-3)17(16)15(4)5/h7-9,15-17,20H,1-3,10-14H2,4-6H3. The summed E-state index contributed by atoms with van der Waals surface area (Å²) >= 11 is 0. The van der Waals surface area contributed by atoms with Crippen molar-refractivity contribution in [3.63, 3.8) is 0 Å². The first-order valence-electron chi connectivity index (χ1n) is 7.87. The molecule has 0 aromatic heterocycles. The van der Waals surface area contributed by atoms with Crippen LogP contribution in [0.2, 0.25) is 0 Å². The van der Waals surface area contributed by atoms with Crippen molar-refractivity contribution in [2.75, 3.05) is 0 Å². The van der Waals surface area contributed by atoms with Gasteiger partial charge in [-0.25, -0.2) is 0 Å². The first-order valence-corrected chi connectivity index (χ1v) is 7.87. The molecule has 1 aliphatic rings. The van der Waals surface area contributed by atoms with Gasteiger partial charge in [-0.2, -0.15) is 0 Å². The summed E-state index contributed by atoms with van der Waals surface area (Å²) in [5, 5.41) is 11.3. The van der Waals surface area contributed by atoms with Gasteiger partial charge in [0.15, 0.2) is 0 Å². The van der Waals surface area contributed by atoms with Crippen LogP contribution in [0, 0.1) is 23.2 Å². The second-order valence-electron chi connectivity index (χ2n) is 7.33. The van der Waals surface area contributed by atoms with Crippen molar-refractivity contribution in [1.82, 2.24) is 0 Å². The van der Waals surface area contributed by atoms with E-state index < -0.39 is 5.60 Å². The summed E-state index contributed by atoms with van der Waals surface area (Å²) < 4.78 is 0. The Balaban J connectivity index is 3.16. The molecule has 4 unspecified atom stereocenters. The second-order valence-corrected chi connectivity index (χ2v) is 7.33. The van der Waals surface area contributed by atoms with Gasteiger partial charge in [0, 0.05) is 0 Å². The van der Waals surface area contributed by atoms with Crippen LogP contribution in [0.1, 0.15) is 52.9 Å². The SMILES string of the molecule is C=CCC1CC(C)(CC=C)CC(O)(CC=C)C1C(C)C. The summed E-state index contributed by atoms with van der Waals surface area (Å²) in [6.07, 6.45) is 10.5. The van der Waals surface area contributed by atoms with Gasteiger partial charge in [0.25, 0.3) is 0 Å². The Morgan fingerprint density at radius 3 is 2.20 bits per heavy atom. The lowest BCUT2D eigenvalue weighted by atomic mass is 9.54. The van der Waals surface area contributed by atoms with Crippen molar-refractivity contribution in [2.45, 2.75) is 58.5 Å². The fourth-order valence-electron chi connectivity index (χ4n) is 4.70. The minimum absolute atomic E-state index is 0.137. The first kappa shape index (κ1) is 17.2. The zero-order chi connectivity index (χ0) is 15.4. The van der Waals surface area contributed by atoms with E-state index in [4.69, 9.17) is 0 Å². The number of aliphatic hydroxyl groups is 1. The maximum atomic E-state index is 11.3. The van der Waals surface area contributed by atoms with Crippen molar-refractivity contribution in [2.24, 2.45) is 23.2 Å². The Hall–Kier alpha value is -0.820. The highest BCUT2D eigenvalue weighted by Crippen LogP contribution is 2.54. The molecule has 20 heavy (non-hydrogen) atoms. The van der Waals surface area contributed by atoms with E-state index in [1.807, 2.05) is 18.2 Å². The minimum atomic E-state index is -0.639. The maximum absolute atomic E-state index is 11.3. The topological polar surface area (TPSA) is 20.2 Å². The van der Waals surface area contributed by atoms with Gasteiger partial charge in [-0.15, -0.1) is 19.7 Å². The van der Waals surface area contributed by atoms with E-state index in [2.05, 4.69) is 40.5 Å². The van der Waals surface area contributed by atoms with Crippen LogP contribution < -0.4 is 0 Å². The monoisotopic (exact) mass is 276 g/mol. The zero-order valence-electron chi connectivity index (χ0n) is 13.6. The minimum Gasteiger partial charge on any atom is -0.389 e. The van der Waals surface area contributed by atoms with Crippen LogP contribution in [-0.4, -0.2) is 10.7 Å².